The monoisotopic (exact) mass is 358 g/mol. The van der Waals surface area contributed by atoms with Crippen molar-refractivity contribution in [1.29, 1.82) is 0 Å². The van der Waals surface area contributed by atoms with Gasteiger partial charge in [0.2, 0.25) is 0 Å². The molecular weight excluding hydrogens is 334 g/mol. The number of nitrogens with one attached hydrogen (secondary N) is 3. The van der Waals surface area contributed by atoms with Crippen molar-refractivity contribution in [2.24, 2.45) is 0 Å². The smallest absolute Gasteiger partial charge is 0.160 e. The number of rotatable bonds is 4. The van der Waals surface area contributed by atoms with Crippen LogP contribution < -0.4 is 16.0 Å². The number of anilines is 3. The van der Waals surface area contributed by atoms with Crippen molar-refractivity contribution in [3.8, 4) is 0 Å². The van der Waals surface area contributed by atoms with Crippen LogP contribution in [-0.4, -0.2) is 24.1 Å². The van der Waals surface area contributed by atoms with Gasteiger partial charge in [-0.05, 0) is 56.0 Å². The summed E-state index contributed by atoms with van der Waals surface area (Å²) in [4.78, 5) is 4.69. The predicted molar refractivity (Wildman–Crippen MR) is 100 cm³/mol. The summed E-state index contributed by atoms with van der Waals surface area (Å²) in [5, 5.41) is 10.1. The number of hydrogen-bond donors (Lipinski definition) is 3. The highest BCUT2D eigenvalue weighted by Gasteiger charge is 2.37. The quantitative estimate of drug-likeness (QED) is 0.762. The minimum absolute atomic E-state index is 0.437. The van der Waals surface area contributed by atoms with E-state index >= 15 is 0 Å². The second-order valence-electron chi connectivity index (χ2n) is 7.19. The lowest BCUT2D eigenvalue weighted by molar-refractivity contribution is 0.342. The van der Waals surface area contributed by atoms with Gasteiger partial charge in [0.05, 0.1) is 0 Å². The highest BCUT2D eigenvalue weighted by Crippen LogP contribution is 2.43. The Labute approximate surface area is 152 Å². The molecule has 3 unspecified atom stereocenters. The number of aromatic nitrogens is 1. The molecule has 1 aromatic carbocycles. The Morgan fingerprint density at radius 3 is 2.77 bits per heavy atom. The fourth-order valence-corrected chi connectivity index (χ4v) is 4.21. The third kappa shape index (κ3) is 3.03. The van der Waals surface area contributed by atoms with Crippen molar-refractivity contribution in [2.75, 3.05) is 17.7 Å². The van der Waals surface area contributed by atoms with Gasteiger partial charge in [0.25, 0.3) is 0 Å². The molecule has 4 rings (SSSR count). The van der Waals surface area contributed by atoms with Crippen molar-refractivity contribution in [3.05, 3.63) is 47.0 Å². The van der Waals surface area contributed by atoms with E-state index in [0.717, 1.165) is 24.2 Å². The lowest BCUT2D eigenvalue weighted by Gasteiger charge is -2.31. The van der Waals surface area contributed by atoms with Gasteiger partial charge >= 0.3 is 0 Å². The van der Waals surface area contributed by atoms with E-state index in [-0.39, 0.29) is 0 Å². The topological polar surface area (TPSA) is 49.0 Å². The summed E-state index contributed by atoms with van der Waals surface area (Å²) >= 11 is 0. The van der Waals surface area contributed by atoms with Crippen LogP contribution in [0.5, 0.6) is 0 Å². The molecule has 1 saturated carbocycles. The molecule has 0 bridgehead atoms. The zero-order valence-electron chi connectivity index (χ0n) is 15.1. The molecular formula is C20H24F2N4. The maximum Gasteiger partial charge on any atom is 0.160 e. The van der Waals surface area contributed by atoms with E-state index in [1.165, 1.54) is 24.1 Å². The van der Waals surface area contributed by atoms with Crippen LogP contribution in [0.2, 0.25) is 0 Å². The average molecular weight is 358 g/mol. The maximum absolute atomic E-state index is 13.6. The summed E-state index contributed by atoms with van der Waals surface area (Å²) in [5.74, 6) is 0.350. The minimum Gasteiger partial charge on any atom is -0.366 e. The SMILES string of the molecule is CCc1cc(F)c(F)cc1Nc1ccc2c(n1)NC1CCC(NC)CC21. The summed E-state index contributed by atoms with van der Waals surface area (Å²) in [5.41, 5.74) is 2.54. The van der Waals surface area contributed by atoms with Gasteiger partial charge in [-0.2, -0.15) is 0 Å². The second kappa shape index (κ2) is 6.83. The Bertz CT molecular complexity index is 824. The molecule has 1 fully saturated rings. The van der Waals surface area contributed by atoms with E-state index in [9.17, 15) is 8.78 Å². The zero-order valence-corrected chi connectivity index (χ0v) is 15.1. The summed E-state index contributed by atoms with van der Waals surface area (Å²) in [6.45, 7) is 1.92. The molecule has 26 heavy (non-hydrogen) atoms. The largest absolute Gasteiger partial charge is 0.366 e. The standard InChI is InChI=1S/C20H24F2N4/c1-3-11-8-15(21)16(22)10-18(11)24-19-7-5-13-14-9-12(23-2)4-6-17(14)25-20(13)26-19/h5,7-8,10,12,14,17,23H,3-4,6,9H2,1-2H3,(H2,24,25,26). The highest BCUT2D eigenvalue weighted by molar-refractivity contribution is 5.65. The van der Waals surface area contributed by atoms with Crippen molar-refractivity contribution < 1.29 is 8.78 Å². The number of hydrogen-bond acceptors (Lipinski definition) is 4. The van der Waals surface area contributed by atoms with Crippen molar-refractivity contribution in [1.82, 2.24) is 10.3 Å². The Morgan fingerprint density at radius 1 is 1.19 bits per heavy atom. The number of aryl methyl sites for hydroxylation is 1. The number of halogens is 2. The van der Waals surface area contributed by atoms with Crippen LogP contribution in [-0.2, 0) is 6.42 Å². The van der Waals surface area contributed by atoms with Gasteiger partial charge in [-0.15, -0.1) is 0 Å². The molecule has 0 spiro atoms. The van der Waals surface area contributed by atoms with Crippen molar-refractivity contribution >= 4 is 17.3 Å². The normalized spacial score (nSPS) is 23.9. The molecule has 1 aliphatic carbocycles. The molecule has 1 aliphatic heterocycles. The third-order valence-corrected chi connectivity index (χ3v) is 5.70. The number of fused-ring (bicyclic) bond motifs is 3. The first-order chi connectivity index (χ1) is 12.6. The fourth-order valence-electron chi connectivity index (χ4n) is 4.21. The molecule has 2 aromatic rings. The Balaban J connectivity index is 1.59. The molecule has 0 radical (unpaired) electrons. The van der Waals surface area contributed by atoms with Crippen LogP contribution >= 0.6 is 0 Å². The first-order valence-corrected chi connectivity index (χ1v) is 9.28. The minimum atomic E-state index is -0.854. The molecule has 0 amide bonds. The molecule has 6 heteroatoms. The zero-order chi connectivity index (χ0) is 18.3. The number of benzene rings is 1. The van der Waals surface area contributed by atoms with Gasteiger partial charge in [0, 0.05) is 29.8 Å². The van der Waals surface area contributed by atoms with Gasteiger partial charge < -0.3 is 16.0 Å². The number of nitrogens with zero attached hydrogens (tertiary/aromatic N) is 1. The summed E-state index contributed by atoms with van der Waals surface area (Å²) in [7, 11) is 2.02. The fraction of sp³-hybridized carbons (Fsp3) is 0.450. The molecule has 1 aromatic heterocycles. The molecule has 3 atom stereocenters. The lowest BCUT2D eigenvalue weighted by atomic mass is 9.80. The molecule has 4 nitrogen and oxygen atoms in total. The van der Waals surface area contributed by atoms with Gasteiger partial charge in [-0.3, -0.25) is 0 Å². The van der Waals surface area contributed by atoms with Crippen LogP contribution in [0.3, 0.4) is 0 Å². The van der Waals surface area contributed by atoms with E-state index in [2.05, 4.69) is 22.0 Å². The Kier molecular flexibility index (Phi) is 4.53. The van der Waals surface area contributed by atoms with E-state index < -0.39 is 11.6 Å². The van der Waals surface area contributed by atoms with Crippen molar-refractivity contribution in [2.45, 2.75) is 50.6 Å². The van der Waals surface area contributed by atoms with E-state index in [1.807, 2.05) is 20.0 Å². The molecule has 3 N–H and O–H groups in total. The highest BCUT2D eigenvalue weighted by atomic mass is 19.2. The first kappa shape index (κ1) is 17.2. The van der Waals surface area contributed by atoms with E-state index in [0.29, 0.717) is 35.9 Å². The molecule has 2 heterocycles. The molecule has 2 aliphatic rings. The van der Waals surface area contributed by atoms with Gasteiger partial charge in [-0.25, -0.2) is 13.8 Å². The van der Waals surface area contributed by atoms with Gasteiger partial charge in [-0.1, -0.05) is 13.0 Å². The van der Waals surface area contributed by atoms with Crippen LogP contribution in [0.25, 0.3) is 0 Å². The third-order valence-electron chi connectivity index (χ3n) is 5.70. The molecule has 138 valence electrons. The van der Waals surface area contributed by atoms with Crippen LogP contribution in [0.4, 0.5) is 26.1 Å². The van der Waals surface area contributed by atoms with Crippen LogP contribution in [0, 0.1) is 11.6 Å². The van der Waals surface area contributed by atoms with Gasteiger partial charge in [0.15, 0.2) is 11.6 Å². The summed E-state index contributed by atoms with van der Waals surface area (Å²) in [6, 6.07) is 7.46. The summed E-state index contributed by atoms with van der Waals surface area (Å²) in [6.07, 6.45) is 4.01. The van der Waals surface area contributed by atoms with Crippen molar-refractivity contribution in [3.63, 3.8) is 0 Å². The van der Waals surface area contributed by atoms with E-state index in [1.54, 1.807) is 0 Å². The van der Waals surface area contributed by atoms with Crippen LogP contribution in [0.15, 0.2) is 24.3 Å². The Morgan fingerprint density at radius 2 is 2.00 bits per heavy atom. The molecule has 0 saturated heterocycles. The second-order valence-corrected chi connectivity index (χ2v) is 7.19. The van der Waals surface area contributed by atoms with Gasteiger partial charge in [0.1, 0.15) is 11.6 Å². The first-order valence-electron chi connectivity index (χ1n) is 9.28. The number of pyridine rings is 1. The summed E-state index contributed by atoms with van der Waals surface area (Å²) < 4.78 is 27.1. The van der Waals surface area contributed by atoms with Crippen LogP contribution in [0.1, 0.15) is 43.2 Å². The predicted octanol–water partition coefficient (Wildman–Crippen LogP) is 4.32. The van der Waals surface area contributed by atoms with E-state index in [4.69, 9.17) is 4.98 Å². The maximum atomic E-state index is 13.6. The Hall–Kier alpha value is -2.21. The average Bonchev–Trinajstić information content (AvgIpc) is 3.01. The lowest BCUT2D eigenvalue weighted by Crippen LogP contribution is -2.37.